The topological polar surface area (TPSA) is 24.1 Å². The molecule has 2 heterocycles. The molecule has 2 aliphatic heterocycles. The highest BCUT2D eigenvalue weighted by atomic mass is 15.0. The highest BCUT2D eigenvalue weighted by Gasteiger charge is 2.39. The van der Waals surface area contributed by atoms with Gasteiger partial charge in [-0.2, -0.15) is 0 Å². The molecule has 0 bridgehead atoms. The second kappa shape index (κ2) is 5.96. The van der Waals surface area contributed by atoms with Crippen LogP contribution in [0, 0.1) is 23.7 Å². The van der Waals surface area contributed by atoms with Crippen molar-refractivity contribution in [3.63, 3.8) is 0 Å². The van der Waals surface area contributed by atoms with E-state index in [1.807, 2.05) is 0 Å². The molecule has 6 unspecified atom stereocenters. The quantitative estimate of drug-likeness (QED) is 0.768. The lowest BCUT2D eigenvalue weighted by Crippen LogP contribution is -2.58. The van der Waals surface area contributed by atoms with Gasteiger partial charge in [0.25, 0.3) is 0 Å². The van der Waals surface area contributed by atoms with Crippen LogP contribution in [0.5, 0.6) is 0 Å². The van der Waals surface area contributed by atoms with Crippen molar-refractivity contribution in [2.45, 2.75) is 76.3 Å². The van der Waals surface area contributed by atoms with Gasteiger partial charge in [-0.15, -0.1) is 0 Å². The van der Waals surface area contributed by atoms with Crippen molar-refractivity contribution in [3.05, 3.63) is 0 Å². The van der Waals surface area contributed by atoms with Crippen molar-refractivity contribution in [1.29, 1.82) is 0 Å². The van der Waals surface area contributed by atoms with Crippen molar-refractivity contribution < 1.29 is 0 Å². The average Bonchev–Trinajstić information content (AvgIpc) is 2.54. The molecule has 2 saturated carbocycles. The van der Waals surface area contributed by atoms with E-state index in [-0.39, 0.29) is 0 Å². The zero-order valence-electron chi connectivity index (χ0n) is 12.9. The molecule has 0 spiro atoms. The second-order valence-corrected chi connectivity index (χ2v) is 8.11. The van der Waals surface area contributed by atoms with Crippen molar-refractivity contribution in [3.8, 4) is 0 Å². The molecular formula is C18H32N2. The summed E-state index contributed by atoms with van der Waals surface area (Å²) in [6.45, 7) is 2.61. The van der Waals surface area contributed by atoms with E-state index in [4.69, 9.17) is 0 Å². The summed E-state index contributed by atoms with van der Waals surface area (Å²) in [6.07, 6.45) is 14.9. The minimum Gasteiger partial charge on any atom is -0.312 e. The van der Waals surface area contributed by atoms with Gasteiger partial charge in [-0.1, -0.05) is 38.5 Å². The molecule has 2 saturated heterocycles. The van der Waals surface area contributed by atoms with Crippen LogP contribution in [-0.2, 0) is 0 Å². The molecule has 4 rings (SSSR count). The van der Waals surface area contributed by atoms with Crippen LogP contribution in [0.15, 0.2) is 0 Å². The predicted molar refractivity (Wildman–Crippen MR) is 83.7 cm³/mol. The zero-order chi connectivity index (χ0) is 13.4. The molecule has 4 fully saturated rings. The standard InChI is InChI=1S/C18H32N2/c1-3-7-15-11-19-17(9-13(15)5-1)18-10-14-6-2-4-8-16(14)12-20-18/h13-20H,1-12H2. The minimum atomic E-state index is 0.775. The first-order chi connectivity index (χ1) is 9.90. The Kier molecular flexibility index (Phi) is 4.05. The van der Waals surface area contributed by atoms with Gasteiger partial charge in [0.2, 0.25) is 0 Å². The first-order valence-corrected chi connectivity index (χ1v) is 9.37. The number of piperidine rings is 2. The molecule has 0 amide bonds. The maximum absolute atomic E-state index is 3.92. The van der Waals surface area contributed by atoms with Crippen LogP contribution in [0.2, 0.25) is 0 Å². The molecule has 0 aromatic heterocycles. The summed E-state index contributed by atoms with van der Waals surface area (Å²) in [4.78, 5) is 0. The average molecular weight is 276 g/mol. The molecule has 4 aliphatic rings. The number of fused-ring (bicyclic) bond motifs is 2. The Bertz CT molecular complexity index is 297. The second-order valence-electron chi connectivity index (χ2n) is 8.11. The summed E-state index contributed by atoms with van der Waals surface area (Å²) in [5.41, 5.74) is 0. The minimum absolute atomic E-state index is 0.775. The van der Waals surface area contributed by atoms with Gasteiger partial charge < -0.3 is 10.6 Å². The van der Waals surface area contributed by atoms with Crippen LogP contribution in [0.4, 0.5) is 0 Å². The van der Waals surface area contributed by atoms with E-state index in [0.717, 1.165) is 35.8 Å². The lowest BCUT2D eigenvalue weighted by molar-refractivity contribution is 0.0928. The predicted octanol–water partition coefficient (Wildman–Crippen LogP) is 3.32. The Labute approximate surface area is 124 Å². The van der Waals surface area contributed by atoms with Crippen molar-refractivity contribution >= 4 is 0 Å². The van der Waals surface area contributed by atoms with E-state index in [1.165, 1.54) is 77.3 Å². The van der Waals surface area contributed by atoms with Crippen LogP contribution in [-0.4, -0.2) is 25.2 Å². The summed E-state index contributed by atoms with van der Waals surface area (Å²) >= 11 is 0. The summed E-state index contributed by atoms with van der Waals surface area (Å²) in [6, 6.07) is 1.55. The molecule has 0 radical (unpaired) electrons. The van der Waals surface area contributed by atoms with E-state index in [0.29, 0.717) is 0 Å². The number of hydrogen-bond acceptors (Lipinski definition) is 2. The molecule has 2 aliphatic carbocycles. The third-order valence-electron chi connectivity index (χ3n) is 7.02. The van der Waals surface area contributed by atoms with Gasteiger partial charge in [-0.25, -0.2) is 0 Å². The van der Waals surface area contributed by atoms with Crippen LogP contribution in [0.3, 0.4) is 0 Å². The fourth-order valence-electron chi connectivity index (χ4n) is 5.76. The molecule has 2 N–H and O–H groups in total. The first-order valence-electron chi connectivity index (χ1n) is 9.37. The van der Waals surface area contributed by atoms with Gasteiger partial charge in [0.1, 0.15) is 0 Å². The number of rotatable bonds is 1. The summed E-state index contributed by atoms with van der Waals surface area (Å²) < 4.78 is 0. The van der Waals surface area contributed by atoms with E-state index in [1.54, 1.807) is 0 Å². The van der Waals surface area contributed by atoms with E-state index in [2.05, 4.69) is 10.6 Å². The van der Waals surface area contributed by atoms with Gasteiger partial charge in [-0.05, 0) is 62.4 Å². The Balaban J connectivity index is 1.36. The summed E-state index contributed by atoms with van der Waals surface area (Å²) in [7, 11) is 0. The van der Waals surface area contributed by atoms with Gasteiger partial charge >= 0.3 is 0 Å². The Hall–Kier alpha value is -0.0800. The van der Waals surface area contributed by atoms with Crippen molar-refractivity contribution in [1.82, 2.24) is 10.6 Å². The maximum atomic E-state index is 3.92. The summed E-state index contributed by atoms with van der Waals surface area (Å²) in [5, 5.41) is 7.84. The SMILES string of the molecule is C1CCC2CC(C3CC4CCCCC4CN3)NCC2C1. The molecule has 0 aromatic carbocycles. The lowest BCUT2D eigenvalue weighted by Gasteiger charge is -2.47. The monoisotopic (exact) mass is 276 g/mol. The Morgan fingerprint density at radius 2 is 0.900 bits per heavy atom. The highest BCUT2D eigenvalue weighted by molar-refractivity contribution is 4.97. The Morgan fingerprint density at radius 1 is 0.500 bits per heavy atom. The first kappa shape index (κ1) is 13.6. The molecular weight excluding hydrogens is 244 g/mol. The van der Waals surface area contributed by atoms with Crippen molar-refractivity contribution in [2.24, 2.45) is 23.7 Å². The number of hydrogen-bond donors (Lipinski definition) is 2. The lowest BCUT2D eigenvalue weighted by atomic mass is 9.69. The van der Waals surface area contributed by atoms with E-state index >= 15 is 0 Å². The van der Waals surface area contributed by atoms with Gasteiger partial charge in [-0.3, -0.25) is 0 Å². The van der Waals surface area contributed by atoms with E-state index < -0.39 is 0 Å². The highest BCUT2D eigenvalue weighted by Crippen LogP contribution is 2.39. The fraction of sp³-hybridized carbons (Fsp3) is 1.00. The molecule has 6 atom stereocenters. The Morgan fingerprint density at radius 3 is 1.35 bits per heavy atom. The normalized spacial score (nSPS) is 49.2. The van der Waals surface area contributed by atoms with Crippen LogP contribution >= 0.6 is 0 Å². The van der Waals surface area contributed by atoms with Gasteiger partial charge in [0.05, 0.1) is 0 Å². The van der Waals surface area contributed by atoms with Crippen LogP contribution in [0.25, 0.3) is 0 Å². The number of nitrogens with one attached hydrogen (secondary N) is 2. The fourth-order valence-corrected chi connectivity index (χ4v) is 5.76. The third kappa shape index (κ3) is 2.66. The largest absolute Gasteiger partial charge is 0.312 e. The summed E-state index contributed by atoms with van der Waals surface area (Å²) in [5.74, 6) is 4.10. The molecule has 114 valence electrons. The smallest absolute Gasteiger partial charge is 0.0224 e. The third-order valence-corrected chi connectivity index (χ3v) is 7.02. The van der Waals surface area contributed by atoms with Gasteiger partial charge in [0.15, 0.2) is 0 Å². The molecule has 0 aromatic rings. The molecule has 2 nitrogen and oxygen atoms in total. The zero-order valence-corrected chi connectivity index (χ0v) is 12.9. The van der Waals surface area contributed by atoms with Crippen LogP contribution in [0.1, 0.15) is 64.2 Å². The molecule has 20 heavy (non-hydrogen) atoms. The van der Waals surface area contributed by atoms with Crippen molar-refractivity contribution in [2.75, 3.05) is 13.1 Å². The van der Waals surface area contributed by atoms with Gasteiger partial charge in [0, 0.05) is 12.1 Å². The van der Waals surface area contributed by atoms with E-state index in [9.17, 15) is 0 Å². The maximum Gasteiger partial charge on any atom is 0.0224 e. The van der Waals surface area contributed by atoms with Crippen LogP contribution < -0.4 is 10.6 Å². The molecule has 2 heteroatoms.